The highest BCUT2D eigenvalue weighted by molar-refractivity contribution is 5.25. The van der Waals surface area contributed by atoms with Crippen molar-refractivity contribution < 1.29 is 5.11 Å². The Morgan fingerprint density at radius 1 is 0.860 bits per heavy atom. The highest BCUT2D eigenvalue weighted by Gasteiger charge is 2.61. The Morgan fingerprint density at radius 2 is 1.49 bits per heavy atom. The first-order valence-electron chi connectivity index (χ1n) is 18.5. The second kappa shape index (κ2) is 18.0. The zero-order chi connectivity index (χ0) is 31.5. The molecule has 3 fully saturated rings. The number of hydrogen-bond acceptors (Lipinski definition) is 6. The van der Waals surface area contributed by atoms with Crippen LogP contribution >= 0.6 is 0 Å². The molecule has 252 valence electrons. The highest BCUT2D eigenvalue weighted by Crippen LogP contribution is 2.67. The summed E-state index contributed by atoms with van der Waals surface area (Å²) in [5.74, 6) is 4.70. The van der Waals surface area contributed by atoms with E-state index in [0.717, 1.165) is 94.5 Å². The standard InChI is InChI=1S/C27H47NO.C10H26N4/c1-17(2)7-6-8-18(3)25-24(28)16-23-21-10-9-19-15-20(29)11-13-26(19,4)22(21)12-14-27(23,25)5;11-5-3-9-13-7-1-2-8-14-10-4-6-12/h9,17-18,20-25,29H,6-8,10-16,28H2,1-5H3;13-14H,1-12H2/t18-,20+,21-,22+,23+,24?,25+,26+,27+;/m1./s1. The molecule has 0 aromatic rings. The van der Waals surface area contributed by atoms with Crippen LogP contribution in [-0.4, -0.2) is 56.5 Å². The van der Waals surface area contributed by atoms with E-state index in [1.165, 1.54) is 64.2 Å². The van der Waals surface area contributed by atoms with Gasteiger partial charge >= 0.3 is 0 Å². The molecule has 0 aliphatic heterocycles. The molecule has 3 saturated carbocycles. The van der Waals surface area contributed by atoms with Gasteiger partial charge in [-0.3, -0.25) is 0 Å². The first kappa shape index (κ1) is 37.0. The first-order valence-corrected chi connectivity index (χ1v) is 18.5. The van der Waals surface area contributed by atoms with Gasteiger partial charge in [-0.2, -0.15) is 0 Å². The monoisotopic (exact) mass is 604 g/mol. The Bertz CT molecular complexity index is 807. The number of unbranched alkanes of at least 4 members (excludes halogenated alkanes) is 1. The number of aliphatic hydroxyl groups excluding tert-OH is 1. The number of rotatable bonds is 16. The Morgan fingerprint density at radius 3 is 2.09 bits per heavy atom. The molecule has 0 saturated heterocycles. The molecule has 9 N–H and O–H groups in total. The maximum absolute atomic E-state index is 10.2. The summed E-state index contributed by atoms with van der Waals surface area (Å²) in [6.45, 7) is 18.3. The van der Waals surface area contributed by atoms with E-state index in [0.29, 0.717) is 22.8 Å². The SMILES string of the molecule is CC(C)CCC[C@@H](C)[C@H]1C(N)C[C@H]2[C@@H]3CC=C4C[C@@H](O)CC[C@]4(C)[C@H]3CC[C@]12C.NCCCNCCCCNCCCN. The van der Waals surface area contributed by atoms with Crippen LogP contribution in [0.25, 0.3) is 0 Å². The summed E-state index contributed by atoms with van der Waals surface area (Å²) >= 11 is 0. The van der Waals surface area contributed by atoms with Gasteiger partial charge in [0.1, 0.15) is 0 Å². The molecule has 0 aromatic heterocycles. The fourth-order valence-electron chi connectivity index (χ4n) is 10.1. The van der Waals surface area contributed by atoms with E-state index in [1.54, 1.807) is 5.57 Å². The van der Waals surface area contributed by atoms with E-state index in [-0.39, 0.29) is 6.10 Å². The summed E-state index contributed by atoms with van der Waals surface area (Å²) in [5.41, 5.74) is 20.0. The highest BCUT2D eigenvalue weighted by atomic mass is 16.3. The molecule has 0 heterocycles. The molecule has 43 heavy (non-hydrogen) atoms. The van der Waals surface area contributed by atoms with Crippen molar-refractivity contribution in [1.29, 1.82) is 0 Å². The Balaban J connectivity index is 0.000000308. The summed E-state index contributed by atoms with van der Waals surface area (Å²) < 4.78 is 0. The van der Waals surface area contributed by atoms with Crippen molar-refractivity contribution in [2.24, 2.45) is 63.5 Å². The molecular formula is C37H73N5O. The lowest BCUT2D eigenvalue weighted by atomic mass is 9.47. The molecular weight excluding hydrogens is 530 g/mol. The summed E-state index contributed by atoms with van der Waals surface area (Å²) in [7, 11) is 0. The third-order valence-corrected chi connectivity index (χ3v) is 12.4. The average molecular weight is 604 g/mol. The van der Waals surface area contributed by atoms with Gasteiger partial charge in [-0.25, -0.2) is 0 Å². The number of nitrogens with one attached hydrogen (secondary N) is 2. The number of allylic oxidation sites excluding steroid dienone is 1. The van der Waals surface area contributed by atoms with E-state index in [9.17, 15) is 5.11 Å². The average Bonchev–Trinajstić information content (AvgIpc) is 3.24. The van der Waals surface area contributed by atoms with Gasteiger partial charge in [-0.05, 0) is 156 Å². The van der Waals surface area contributed by atoms with E-state index >= 15 is 0 Å². The van der Waals surface area contributed by atoms with Crippen LogP contribution in [0.2, 0.25) is 0 Å². The Labute approximate surface area is 266 Å². The van der Waals surface area contributed by atoms with Gasteiger partial charge < -0.3 is 32.9 Å². The summed E-state index contributed by atoms with van der Waals surface area (Å²) in [4.78, 5) is 0. The second-order valence-corrected chi connectivity index (χ2v) is 15.9. The van der Waals surface area contributed by atoms with Gasteiger partial charge in [0.25, 0.3) is 0 Å². The van der Waals surface area contributed by atoms with Gasteiger partial charge in [0.2, 0.25) is 0 Å². The largest absolute Gasteiger partial charge is 0.393 e. The van der Waals surface area contributed by atoms with Crippen LogP contribution in [0.1, 0.15) is 125 Å². The van der Waals surface area contributed by atoms with Crippen molar-refractivity contribution >= 4 is 0 Å². The van der Waals surface area contributed by atoms with E-state index in [1.807, 2.05) is 0 Å². The minimum Gasteiger partial charge on any atom is -0.393 e. The minimum atomic E-state index is -0.101. The lowest BCUT2D eigenvalue weighted by Gasteiger charge is -2.58. The molecule has 1 unspecified atom stereocenters. The number of hydrogen-bond donors (Lipinski definition) is 6. The molecule has 4 rings (SSSR count). The summed E-state index contributed by atoms with van der Waals surface area (Å²) in [6.07, 6.45) is 19.5. The smallest absolute Gasteiger partial charge is 0.0577 e. The van der Waals surface area contributed by atoms with Crippen LogP contribution < -0.4 is 27.8 Å². The molecule has 6 heteroatoms. The fraction of sp³-hybridized carbons (Fsp3) is 0.946. The van der Waals surface area contributed by atoms with Crippen LogP contribution in [0, 0.1) is 46.3 Å². The van der Waals surface area contributed by atoms with Crippen LogP contribution in [-0.2, 0) is 0 Å². The maximum atomic E-state index is 10.2. The second-order valence-electron chi connectivity index (χ2n) is 15.9. The summed E-state index contributed by atoms with van der Waals surface area (Å²) in [6, 6.07) is 0.393. The maximum Gasteiger partial charge on any atom is 0.0577 e. The van der Waals surface area contributed by atoms with Gasteiger partial charge in [0.15, 0.2) is 0 Å². The van der Waals surface area contributed by atoms with E-state index in [4.69, 9.17) is 17.2 Å². The first-order chi connectivity index (χ1) is 20.6. The van der Waals surface area contributed by atoms with Crippen LogP contribution in [0.4, 0.5) is 0 Å². The van der Waals surface area contributed by atoms with Gasteiger partial charge in [0, 0.05) is 6.04 Å². The van der Waals surface area contributed by atoms with E-state index in [2.05, 4.69) is 51.3 Å². The third kappa shape index (κ3) is 9.75. The fourth-order valence-corrected chi connectivity index (χ4v) is 10.1. The predicted molar refractivity (Wildman–Crippen MR) is 185 cm³/mol. The topological polar surface area (TPSA) is 122 Å². The molecule has 0 bridgehead atoms. The Kier molecular flexibility index (Phi) is 15.5. The minimum absolute atomic E-state index is 0.101. The lowest BCUT2D eigenvalue weighted by Crippen LogP contribution is -2.51. The predicted octanol–water partition coefficient (Wildman–Crippen LogP) is 5.97. The molecule has 9 atom stereocenters. The zero-order valence-corrected chi connectivity index (χ0v) is 29.0. The Hall–Kier alpha value is -0.500. The number of fused-ring (bicyclic) bond motifs is 5. The van der Waals surface area contributed by atoms with Crippen LogP contribution in [0.3, 0.4) is 0 Å². The summed E-state index contributed by atoms with van der Waals surface area (Å²) in [5, 5.41) is 16.9. The lowest BCUT2D eigenvalue weighted by molar-refractivity contribution is -0.0577. The molecule has 6 nitrogen and oxygen atoms in total. The molecule has 4 aliphatic rings. The van der Waals surface area contributed by atoms with Crippen molar-refractivity contribution in [3.05, 3.63) is 11.6 Å². The normalized spacial score (nSPS) is 35.8. The molecule has 0 aromatic carbocycles. The third-order valence-electron chi connectivity index (χ3n) is 12.4. The van der Waals surface area contributed by atoms with Crippen molar-refractivity contribution in [2.75, 3.05) is 39.3 Å². The van der Waals surface area contributed by atoms with Gasteiger partial charge in [-0.15, -0.1) is 0 Å². The zero-order valence-electron chi connectivity index (χ0n) is 29.0. The van der Waals surface area contributed by atoms with Gasteiger partial charge in [-0.1, -0.05) is 65.5 Å². The molecule has 0 spiro atoms. The number of aliphatic hydroxyl groups is 1. The van der Waals surface area contributed by atoms with Crippen LogP contribution in [0.15, 0.2) is 11.6 Å². The quantitative estimate of drug-likeness (QED) is 0.0955. The van der Waals surface area contributed by atoms with Crippen molar-refractivity contribution in [1.82, 2.24) is 10.6 Å². The van der Waals surface area contributed by atoms with Crippen molar-refractivity contribution in [3.8, 4) is 0 Å². The number of nitrogens with two attached hydrogens (primary N) is 3. The van der Waals surface area contributed by atoms with E-state index < -0.39 is 0 Å². The molecule has 4 aliphatic carbocycles. The van der Waals surface area contributed by atoms with Crippen molar-refractivity contribution in [2.45, 2.75) is 137 Å². The molecule has 0 radical (unpaired) electrons. The van der Waals surface area contributed by atoms with Crippen molar-refractivity contribution in [3.63, 3.8) is 0 Å². The molecule has 0 amide bonds. The van der Waals surface area contributed by atoms with Gasteiger partial charge in [0.05, 0.1) is 6.10 Å². The van der Waals surface area contributed by atoms with Crippen LogP contribution in [0.5, 0.6) is 0 Å².